The van der Waals surface area contributed by atoms with Crippen molar-refractivity contribution in [2.24, 2.45) is 0 Å². The molecule has 0 aromatic rings. The standard InChI is InChI=1S/C10H16.C2H6/c1-6-9(5)10(7-2)8(3)4;1-2/h6H,1,3,7H2,2,4-5H3;1-2H3/b10-9-;. The van der Waals surface area contributed by atoms with Gasteiger partial charge in [0.2, 0.25) is 0 Å². The average molecular weight is 166 g/mol. The molecule has 0 fully saturated rings. The first-order valence-electron chi connectivity index (χ1n) is 4.61. The van der Waals surface area contributed by atoms with Crippen LogP contribution >= 0.6 is 0 Å². The van der Waals surface area contributed by atoms with Gasteiger partial charge >= 0.3 is 0 Å². The smallest absolute Gasteiger partial charge is 0.0302 e. The first kappa shape index (κ1) is 13.8. The minimum absolute atomic E-state index is 1.05. The second-order valence-corrected chi connectivity index (χ2v) is 2.50. The van der Waals surface area contributed by atoms with E-state index in [1.807, 2.05) is 26.8 Å². The average Bonchev–Trinajstić information content (AvgIpc) is 2.08. The van der Waals surface area contributed by atoms with Crippen LogP contribution in [0.4, 0.5) is 0 Å². The van der Waals surface area contributed by atoms with E-state index in [2.05, 4.69) is 27.0 Å². The fourth-order valence-electron chi connectivity index (χ4n) is 1.04. The highest BCUT2D eigenvalue weighted by Crippen LogP contribution is 2.16. The van der Waals surface area contributed by atoms with E-state index >= 15 is 0 Å². The van der Waals surface area contributed by atoms with Crippen LogP contribution in [0.25, 0.3) is 0 Å². The highest BCUT2D eigenvalue weighted by molar-refractivity contribution is 5.35. The molecule has 0 amide bonds. The molecule has 0 spiro atoms. The summed E-state index contributed by atoms with van der Waals surface area (Å²) in [5, 5.41) is 0. The minimum Gasteiger partial charge on any atom is -0.0988 e. The summed E-state index contributed by atoms with van der Waals surface area (Å²) in [5.74, 6) is 0. The molecule has 0 aliphatic heterocycles. The zero-order valence-corrected chi connectivity index (χ0v) is 9.20. The molecule has 0 heterocycles. The Bertz CT molecular complexity index is 170. The second kappa shape index (κ2) is 8.32. The molecule has 0 aliphatic carbocycles. The maximum absolute atomic E-state index is 3.89. The van der Waals surface area contributed by atoms with Crippen LogP contribution in [0, 0.1) is 0 Å². The summed E-state index contributed by atoms with van der Waals surface area (Å²) in [6.07, 6.45) is 2.93. The Labute approximate surface area is 77.7 Å². The summed E-state index contributed by atoms with van der Waals surface area (Å²) in [7, 11) is 0. The summed E-state index contributed by atoms with van der Waals surface area (Å²) in [6, 6.07) is 0. The molecule has 0 unspecified atom stereocenters. The number of allylic oxidation sites excluding steroid dienone is 4. The molecule has 0 heteroatoms. The summed E-state index contributed by atoms with van der Waals surface area (Å²) in [5.41, 5.74) is 3.73. The normalized spacial score (nSPS) is 10.8. The number of hydrogen-bond acceptors (Lipinski definition) is 0. The van der Waals surface area contributed by atoms with Crippen LogP contribution in [0.1, 0.15) is 41.0 Å². The highest BCUT2D eigenvalue weighted by atomic mass is 14.0. The molecule has 0 saturated carbocycles. The van der Waals surface area contributed by atoms with Crippen LogP contribution in [-0.4, -0.2) is 0 Å². The lowest BCUT2D eigenvalue weighted by Gasteiger charge is -2.05. The van der Waals surface area contributed by atoms with E-state index in [9.17, 15) is 0 Å². The van der Waals surface area contributed by atoms with Gasteiger partial charge in [-0.25, -0.2) is 0 Å². The largest absolute Gasteiger partial charge is 0.0988 e. The van der Waals surface area contributed by atoms with Gasteiger partial charge in [-0.05, 0) is 31.4 Å². The monoisotopic (exact) mass is 166 g/mol. The summed E-state index contributed by atoms with van der Waals surface area (Å²) < 4.78 is 0. The van der Waals surface area contributed by atoms with Crippen LogP contribution in [0.3, 0.4) is 0 Å². The van der Waals surface area contributed by atoms with Gasteiger partial charge in [-0.2, -0.15) is 0 Å². The SMILES string of the molecule is C=C/C(C)=C(/CC)C(=C)C.CC. The maximum Gasteiger partial charge on any atom is -0.0302 e. The maximum atomic E-state index is 3.89. The minimum atomic E-state index is 1.05. The van der Waals surface area contributed by atoms with Crippen molar-refractivity contribution in [3.05, 3.63) is 36.0 Å². The Morgan fingerprint density at radius 1 is 1.25 bits per heavy atom. The van der Waals surface area contributed by atoms with Crippen molar-refractivity contribution in [2.45, 2.75) is 41.0 Å². The number of rotatable bonds is 3. The van der Waals surface area contributed by atoms with E-state index in [1.165, 1.54) is 11.1 Å². The molecule has 0 nitrogen and oxygen atoms in total. The fourth-order valence-corrected chi connectivity index (χ4v) is 1.04. The molecule has 0 aromatic carbocycles. The Morgan fingerprint density at radius 3 is 1.75 bits per heavy atom. The Morgan fingerprint density at radius 2 is 1.67 bits per heavy atom. The molecule has 70 valence electrons. The topological polar surface area (TPSA) is 0 Å². The Balaban J connectivity index is 0. The van der Waals surface area contributed by atoms with E-state index in [0.717, 1.165) is 12.0 Å². The van der Waals surface area contributed by atoms with E-state index in [-0.39, 0.29) is 0 Å². The van der Waals surface area contributed by atoms with E-state index in [4.69, 9.17) is 0 Å². The lowest BCUT2D eigenvalue weighted by atomic mass is 10.0. The predicted octanol–water partition coefficient (Wildman–Crippen LogP) is 4.50. The lowest BCUT2D eigenvalue weighted by molar-refractivity contribution is 1.08. The molecular weight excluding hydrogens is 144 g/mol. The van der Waals surface area contributed by atoms with Gasteiger partial charge in [0.1, 0.15) is 0 Å². The van der Waals surface area contributed by atoms with Gasteiger partial charge in [-0.1, -0.05) is 45.6 Å². The van der Waals surface area contributed by atoms with Crippen LogP contribution in [-0.2, 0) is 0 Å². The van der Waals surface area contributed by atoms with Gasteiger partial charge in [-0.15, -0.1) is 0 Å². The van der Waals surface area contributed by atoms with Crippen molar-refractivity contribution in [2.75, 3.05) is 0 Å². The summed E-state index contributed by atoms with van der Waals surface area (Å²) >= 11 is 0. The highest BCUT2D eigenvalue weighted by Gasteiger charge is 1.96. The molecule has 0 rings (SSSR count). The third kappa shape index (κ3) is 4.95. The van der Waals surface area contributed by atoms with Gasteiger partial charge in [-0.3, -0.25) is 0 Å². The first-order chi connectivity index (χ1) is 5.63. The van der Waals surface area contributed by atoms with Gasteiger partial charge < -0.3 is 0 Å². The van der Waals surface area contributed by atoms with Crippen LogP contribution in [0.5, 0.6) is 0 Å². The third-order valence-electron chi connectivity index (χ3n) is 1.65. The molecule has 0 radical (unpaired) electrons. The van der Waals surface area contributed by atoms with Crippen molar-refractivity contribution < 1.29 is 0 Å². The zero-order chi connectivity index (χ0) is 10.1. The van der Waals surface area contributed by atoms with Gasteiger partial charge in [0.25, 0.3) is 0 Å². The van der Waals surface area contributed by atoms with E-state index < -0.39 is 0 Å². The van der Waals surface area contributed by atoms with Crippen molar-refractivity contribution in [1.29, 1.82) is 0 Å². The zero-order valence-electron chi connectivity index (χ0n) is 9.20. The number of hydrogen-bond donors (Lipinski definition) is 0. The summed E-state index contributed by atoms with van der Waals surface area (Å²) in [6.45, 7) is 17.8. The van der Waals surface area contributed by atoms with E-state index in [0.29, 0.717) is 0 Å². The molecule has 0 aromatic heterocycles. The molecule has 12 heavy (non-hydrogen) atoms. The van der Waals surface area contributed by atoms with Gasteiger partial charge in [0.05, 0.1) is 0 Å². The second-order valence-electron chi connectivity index (χ2n) is 2.50. The Hall–Kier alpha value is -0.780. The van der Waals surface area contributed by atoms with Crippen molar-refractivity contribution in [3.63, 3.8) is 0 Å². The Kier molecular flexibility index (Phi) is 9.56. The van der Waals surface area contributed by atoms with Gasteiger partial charge in [0, 0.05) is 0 Å². The van der Waals surface area contributed by atoms with Crippen LogP contribution in [0.2, 0.25) is 0 Å². The van der Waals surface area contributed by atoms with Crippen molar-refractivity contribution in [3.8, 4) is 0 Å². The molecule has 0 N–H and O–H groups in total. The molecule has 0 aliphatic rings. The van der Waals surface area contributed by atoms with Crippen LogP contribution < -0.4 is 0 Å². The van der Waals surface area contributed by atoms with Crippen molar-refractivity contribution >= 4 is 0 Å². The molecule has 0 atom stereocenters. The van der Waals surface area contributed by atoms with Crippen LogP contribution in [0.15, 0.2) is 36.0 Å². The molecule has 0 bridgehead atoms. The first-order valence-corrected chi connectivity index (χ1v) is 4.61. The van der Waals surface area contributed by atoms with E-state index in [1.54, 1.807) is 0 Å². The molecule has 0 saturated heterocycles. The quantitative estimate of drug-likeness (QED) is 0.541. The lowest BCUT2D eigenvalue weighted by Crippen LogP contribution is -1.85. The molecular formula is C12H22. The third-order valence-corrected chi connectivity index (χ3v) is 1.65. The van der Waals surface area contributed by atoms with Crippen molar-refractivity contribution in [1.82, 2.24) is 0 Å². The fraction of sp³-hybridized carbons (Fsp3) is 0.500. The predicted molar refractivity (Wildman–Crippen MR) is 59.4 cm³/mol. The van der Waals surface area contributed by atoms with Gasteiger partial charge in [0.15, 0.2) is 0 Å². The summed E-state index contributed by atoms with van der Waals surface area (Å²) in [4.78, 5) is 0.